The molecule has 118 valence electrons. The van der Waals surface area contributed by atoms with Crippen molar-refractivity contribution in [1.82, 2.24) is 19.7 Å². The maximum Gasteiger partial charge on any atom is 0.223 e. The van der Waals surface area contributed by atoms with Crippen LogP contribution in [0.2, 0.25) is 0 Å². The number of guanidine groups is 1. The minimum Gasteiger partial charge on any atom is -0.356 e. The summed E-state index contributed by atoms with van der Waals surface area (Å²) in [6.45, 7) is 1.31. The molecule has 1 heterocycles. The molecule has 0 saturated heterocycles. The van der Waals surface area contributed by atoms with E-state index in [1.807, 2.05) is 25.2 Å². The molecule has 0 aromatic carbocycles. The van der Waals surface area contributed by atoms with Crippen molar-refractivity contribution < 1.29 is 4.79 Å². The van der Waals surface area contributed by atoms with E-state index in [1.54, 1.807) is 26.0 Å². The Kier molecular flexibility index (Phi) is 6.74. The molecule has 0 atom stereocenters. The predicted octanol–water partition coefficient (Wildman–Crippen LogP) is 1.27. The molecule has 1 amide bonds. The van der Waals surface area contributed by atoms with Crippen LogP contribution < -0.4 is 5.32 Å². The molecule has 0 bridgehead atoms. The van der Waals surface area contributed by atoms with Crippen LogP contribution in [-0.4, -0.2) is 61.0 Å². The van der Waals surface area contributed by atoms with Crippen LogP contribution in [0.3, 0.4) is 0 Å². The number of aryl methyl sites for hydroxylation is 1. The van der Waals surface area contributed by atoms with E-state index in [0.717, 1.165) is 17.0 Å². The van der Waals surface area contributed by atoms with E-state index in [0.29, 0.717) is 13.0 Å². The Morgan fingerprint density at radius 3 is 2.57 bits per heavy atom. The average molecular weight is 358 g/mol. The lowest BCUT2D eigenvalue weighted by molar-refractivity contribution is -0.128. The average Bonchev–Trinajstić information content (AvgIpc) is 2.72. The van der Waals surface area contributed by atoms with Crippen molar-refractivity contribution in [2.45, 2.75) is 13.0 Å². The number of hydrogen-bond acceptors (Lipinski definition) is 2. The molecule has 0 aliphatic carbocycles. The number of aliphatic imine (C=N–C) groups is 1. The summed E-state index contributed by atoms with van der Waals surface area (Å²) in [6, 6.07) is 2.08. The van der Waals surface area contributed by atoms with Crippen molar-refractivity contribution in [3.05, 3.63) is 22.4 Å². The number of nitrogens with zero attached hydrogens (tertiary/aromatic N) is 4. The van der Waals surface area contributed by atoms with Crippen molar-refractivity contribution in [3.63, 3.8) is 0 Å². The highest BCUT2D eigenvalue weighted by Gasteiger charge is 2.10. The van der Waals surface area contributed by atoms with Gasteiger partial charge in [0, 0.05) is 64.6 Å². The summed E-state index contributed by atoms with van der Waals surface area (Å²) < 4.78 is 3.14. The van der Waals surface area contributed by atoms with Crippen molar-refractivity contribution in [2.75, 3.05) is 34.7 Å². The number of halogens is 1. The van der Waals surface area contributed by atoms with Crippen molar-refractivity contribution in [1.29, 1.82) is 0 Å². The van der Waals surface area contributed by atoms with Crippen molar-refractivity contribution in [2.24, 2.45) is 12.0 Å². The zero-order chi connectivity index (χ0) is 16.0. The normalized spacial score (nSPS) is 11.4. The molecule has 21 heavy (non-hydrogen) atoms. The van der Waals surface area contributed by atoms with Gasteiger partial charge in [0.25, 0.3) is 0 Å². The lowest BCUT2D eigenvalue weighted by Gasteiger charge is -2.22. The Labute approximate surface area is 134 Å². The quantitative estimate of drug-likeness (QED) is 0.637. The van der Waals surface area contributed by atoms with E-state index in [9.17, 15) is 4.79 Å². The number of amides is 1. The van der Waals surface area contributed by atoms with E-state index in [2.05, 4.69) is 36.9 Å². The summed E-state index contributed by atoms with van der Waals surface area (Å²) in [5.41, 5.74) is 1.18. The lowest BCUT2D eigenvalue weighted by atomic mass is 10.3. The van der Waals surface area contributed by atoms with Crippen LogP contribution >= 0.6 is 15.9 Å². The summed E-state index contributed by atoms with van der Waals surface area (Å²) >= 11 is 3.47. The zero-order valence-corrected chi connectivity index (χ0v) is 14.9. The summed E-state index contributed by atoms with van der Waals surface area (Å²) in [4.78, 5) is 19.4. The molecule has 0 fully saturated rings. The maximum absolute atomic E-state index is 11.5. The first-order valence-electron chi connectivity index (χ1n) is 6.77. The Hall–Kier alpha value is -1.50. The van der Waals surface area contributed by atoms with E-state index < -0.39 is 0 Å². The number of hydrogen-bond donors (Lipinski definition) is 1. The van der Waals surface area contributed by atoms with Gasteiger partial charge in [-0.05, 0) is 22.0 Å². The smallest absolute Gasteiger partial charge is 0.223 e. The SMILES string of the molecule is CN=C(NCCC(=O)N(C)C)N(C)Cc1cc(Br)cn1C. The Bertz CT molecular complexity index is 509. The van der Waals surface area contributed by atoms with Gasteiger partial charge in [0.1, 0.15) is 0 Å². The fourth-order valence-electron chi connectivity index (χ4n) is 1.93. The van der Waals surface area contributed by atoms with Gasteiger partial charge in [0.05, 0.1) is 6.54 Å². The van der Waals surface area contributed by atoms with E-state index >= 15 is 0 Å². The number of carbonyl (C=O) groups excluding carboxylic acids is 1. The number of rotatable bonds is 5. The minimum absolute atomic E-state index is 0.104. The van der Waals surface area contributed by atoms with Crippen LogP contribution in [0.15, 0.2) is 21.7 Å². The Morgan fingerprint density at radius 1 is 1.43 bits per heavy atom. The molecular formula is C14H24BrN5O. The van der Waals surface area contributed by atoms with Crippen LogP contribution in [0.1, 0.15) is 12.1 Å². The van der Waals surface area contributed by atoms with Crippen LogP contribution in [-0.2, 0) is 18.4 Å². The van der Waals surface area contributed by atoms with E-state index in [1.165, 1.54) is 5.69 Å². The first-order chi connectivity index (χ1) is 9.85. The highest BCUT2D eigenvalue weighted by atomic mass is 79.9. The molecule has 6 nitrogen and oxygen atoms in total. The van der Waals surface area contributed by atoms with Gasteiger partial charge in [0.15, 0.2) is 5.96 Å². The molecule has 1 N–H and O–H groups in total. The largest absolute Gasteiger partial charge is 0.356 e. The van der Waals surface area contributed by atoms with Gasteiger partial charge in [-0.15, -0.1) is 0 Å². The number of carbonyl (C=O) groups is 1. The monoisotopic (exact) mass is 357 g/mol. The number of aromatic nitrogens is 1. The molecular weight excluding hydrogens is 334 g/mol. The highest BCUT2D eigenvalue weighted by molar-refractivity contribution is 9.10. The fraction of sp³-hybridized carbons (Fsp3) is 0.571. The summed E-state index contributed by atoms with van der Waals surface area (Å²) in [6.07, 6.45) is 2.48. The van der Waals surface area contributed by atoms with Crippen LogP contribution in [0.4, 0.5) is 0 Å². The molecule has 0 radical (unpaired) electrons. The second kappa shape index (κ2) is 8.07. The number of nitrogens with one attached hydrogen (secondary N) is 1. The molecule has 1 aromatic heterocycles. The zero-order valence-electron chi connectivity index (χ0n) is 13.4. The molecule has 7 heteroatoms. The van der Waals surface area contributed by atoms with Crippen LogP contribution in [0.25, 0.3) is 0 Å². The Morgan fingerprint density at radius 2 is 2.10 bits per heavy atom. The molecule has 1 aromatic rings. The summed E-state index contributed by atoms with van der Waals surface area (Å²) in [5.74, 6) is 0.880. The first kappa shape index (κ1) is 17.6. The van der Waals surface area contributed by atoms with Gasteiger partial charge < -0.3 is 19.7 Å². The van der Waals surface area contributed by atoms with Gasteiger partial charge in [0.2, 0.25) is 5.91 Å². The predicted molar refractivity (Wildman–Crippen MR) is 89.3 cm³/mol. The van der Waals surface area contributed by atoms with Gasteiger partial charge in [-0.25, -0.2) is 0 Å². The Balaban J connectivity index is 2.52. The van der Waals surface area contributed by atoms with E-state index in [4.69, 9.17) is 0 Å². The third kappa shape index (κ3) is 5.41. The second-order valence-corrected chi connectivity index (χ2v) is 6.04. The summed E-state index contributed by atoms with van der Waals surface area (Å²) in [7, 11) is 9.25. The molecule has 0 spiro atoms. The molecule has 1 rings (SSSR count). The maximum atomic E-state index is 11.5. The van der Waals surface area contributed by atoms with Gasteiger partial charge in [-0.2, -0.15) is 0 Å². The molecule has 0 aliphatic heterocycles. The first-order valence-corrected chi connectivity index (χ1v) is 7.57. The standard InChI is InChI=1S/C14H24BrN5O/c1-16-14(17-7-6-13(21)18(2)3)20(5)10-12-8-11(15)9-19(12)4/h8-9H,6-7,10H2,1-5H3,(H,16,17). The van der Waals surface area contributed by atoms with E-state index in [-0.39, 0.29) is 5.91 Å². The fourth-order valence-corrected chi connectivity index (χ4v) is 2.50. The molecule has 0 unspecified atom stereocenters. The van der Waals surface area contributed by atoms with Crippen molar-refractivity contribution in [3.8, 4) is 0 Å². The summed E-state index contributed by atoms with van der Waals surface area (Å²) in [5, 5.41) is 3.21. The van der Waals surface area contributed by atoms with Crippen LogP contribution in [0.5, 0.6) is 0 Å². The second-order valence-electron chi connectivity index (χ2n) is 5.13. The lowest BCUT2D eigenvalue weighted by Crippen LogP contribution is -2.40. The van der Waals surface area contributed by atoms with Gasteiger partial charge in [-0.3, -0.25) is 9.79 Å². The molecule has 0 aliphatic rings. The third-order valence-electron chi connectivity index (χ3n) is 3.17. The van der Waals surface area contributed by atoms with Gasteiger partial charge in [-0.1, -0.05) is 0 Å². The van der Waals surface area contributed by atoms with Crippen molar-refractivity contribution >= 4 is 27.8 Å². The highest BCUT2D eigenvalue weighted by Crippen LogP contribution is 2.14. The molecule has 0 saturated carbocycles. The van der Waals surface area contributed by atoms with Gasteiger partial charge >= 0.3 is 0 Å². The minimum atomic E-state index is 0.104. The van der Waals surface area contributed by atoms with Crippen LogP contribution in [0, 0.1) is 0 Å². The third-order valence-corrected chi connectivity index (χ3v) is 3.60. The topological polar surface area (TPSA) is 52.9 Å².